The van der Waals surface area contributed by atoms with Gasteiger partial charge in [0.1, 0.15) is 11.5 Å². The number of aromatic nitrogens is 1. The first-order chi connectivity index (χ1) is 12.9. The molecule has 0 atom stereocenters. The summed E-state index contributed by atoms with van der Waals surface area (Å²) in [6.07, 6.45) is 0. The molecule has 5 nitrogen and oxygen atoms in total. The first kappa shape index (κ1) is 17.2. The van der Waals surface area contributed by atoms with Crippen LogP contribution in [0.5, 0.6) is 0 Å². The molecule has 1 aliphatic heterocycles. The van der Waals surface area contributed by atoms with Gasteiger partial charge in [-0.1, -0.05) is 36.4 Å². The molecular weight excluding hydrogens is 340 g/mol. The second kappa shape index (κ2) is 6.20. The topological polar surface area (TPSA) is 63.4 Å². The summed E-state index contributed by atoms with van der Waals surface area (Å²) in [6, 6.07) is 16.8. The average Bonchev–Trinajstić information content (AvgIpc) is 3.05. The van der Waals surface area contributed by atoms with E-state index < -0.39 is 5.41 Å². The monoisotopic (exact) mass is 360 g/mol. The zero-order valence-electron chi connectivity index (χ0n) is 15.5. The molecule has 0 aliphatic carbocycles. The van der Waals surface area contributed by atoms with E-state index in [4.69, 9.17) is 4.42 Å². The first-order valence-corrected chi connectivity index (χ1v) is 8.87. The van der Waals surface area contributed by atoms with Crippen LogP contribution in [0.4, 0.5) is 0 Å². The molecule has 136 valence electrons. The van der Waals surface area contributed by atoms with Gasteiger partial charge in [-0.3, -0.25) is 14.5 Å². The van der Waals surface area contributed by atoms with Crippen molar-refractivity contribution in [2.45, 2.75) is 32.7 Å². The molecule has 1 aromatic heterocycles. The molecular formula is C22H20N2O3. The maximum absolute atomic E-state index is 13.1. The highest BCUT2D eigenvalue weighted by molar-refractivity contribution is 6.12. The summed E-state index contributed by atoms with van der Waals surface area (Å²) in [5.41, 5.74) is 1.99. The van der Waals surface area contributed by atoms with Crippen LogP contribution in [-0.4, -0.2) is 21.7 Å². The van der Waals surface area contributed by atoms with E-state index in [-0.39, 0.29) is 18.4 Å². The third kappa shape index (κ3) is 2.76. The van der Waals surface area contributed by atoms with Crippen LogP contribution in [0, 0.1) is 6.92 Å². The Morgan fingerprint density at radius 1 is 1.00 bits per heavy atom. The molecule has 0 fully saturated rings. The molecule has 2 amide bonds. The number of aryl methyl sites for hydroxylation is 1. The van der Waals surface area contributed by atoms with E-state index in [1.165, 1.54) is 4.90 Å². The van der Waals surface area contributed by atoms with Gasteiger partial charge in [0, 0.05) is 11.1 Å². The van der Waals surface area contributed by atoms with Crippen molar-refractivity contribution in [3.05, 3.63) is 77.2 Å². The van der Waals surface area contributed by atoms with E-state index in [2.05, 4.69) is 4.98 Å². The van der Waals surface area contributed by atoms with Gasteiger partial charge in [-0.2, -0.15) is 0 Å². The van der Waals surface area contributed by atoms with Gasteiger partial charge in [-0.15, -0.1) is 0 Å². The van der Waals surface area contributed by atoms with Crippen molar-refractivity contribution in [2.75, 3.05) is 0 Å². The molecule has 2 heterocycles. The quantitative estimate of drug-likeness (QED) is 0.660. The van der Waals surface area contributed by atoms with E-state index in [0.717, 1.165) is 11.1 Å². The summed E-state index contributed by atoms with van der Waals surface area (Å²) >= 11 is 0. The molecule has 5 heteroatoms. The number of benzene rings is 2. The third-order valence-corrected chi connectivity index (χ3v) is 5.08. The molecule has 1 aliphatic rings. The zero-order chi connectivity index (χ0) is 19.2. The van der Waals surface area contributed by atoms with Gasteiger partial charge in [0.25, 0.3) is 5.91 Å². The predicted octanol–water partition coefficient (Wildman–Crippen LogP) is 4.11. The maximum atomic E-state index is 13.1. The van der Waals surface area contributed by atoms with Crippen LogP contribution in [0.1, 0.15) is 41.2 Å². The molecule has 0 N–H and O–H groups in total. The predicted molar refractivity (Wildman–Crippen MR) is 101 cm³/mol. The van der Waals surface area contributed by atoms with Gasteiger partial charge in [-0.25, -0.2) is 4.98 Å². The standard InChI is InChI=1S/C22H20N2O3/c1-14-18(23-19(27-14)15-9-5-4-6-10-15)13-24-20(25)16-11-7-8-12-17(16)22(2,3)21(24)26/h4-12H,13H2,1-3H3. The number of fused-ring (bicyclic) bond motifs is 1. The van der Waals surface area contributed by atoms with Crippen molar-refractivity contribution in [1.29, 1.82) is 0 Å². The highest BCUT2D eigenvalue weighted by atomic mass is 16.4. The fourth-order valence-electron chi connectivity index (χ4n) is 3.48. The maximum Gasteiger partial charge on any atom is 0.261 e. The van der Waals surface area contributed by atoms with Crippen LogP contribution >= 0.6 is 0 Å². The Morgan fingerprint density at radius 2 is 1.67 bits per heavy atom. The second-order valence-electron chi connectivity index (χ2n) is 7.25. The molecule has 0 spiro atoms. The van der Waals surface area contributed by atoms with E-state index in [0.29, 0.717) is 22.9 Å². The molecule has 27 heavy (non-hydrogen) atoms. The van der Waals surface area contributed by atoms with Gasteiger partial charge in [-0.05, 0) is 44.5 Å². The van der Waals surface area contributed by atoms with Crippen LogP contribution in [0.3, 0.4) is 0 Å². The van der Waals surface area contributed by atoms with Gasteiger partial charge >= 0.3 is 0 Å². The fraction of sp³-hybridized carbons (Fsp3) is 0.227. The van der Waals surface area contributed by atoms with Crippen molar-refractivity contribution in [2.24, 2.45) is 0 Å². The number of hydrogen-bond donors (Lipinski definition) is 0. The molecule has 2 aromatic carbocycles. The molecule has 3 aromatic rings. The number of oxazole rings is 1. The molecule has 4 rings (SSSR count). The lowest BCUT2D eigenvalue weighted by atomic mass is 9.77. The van der Waals surface area contributed by atoms with Crippen LogP contribution in [0.2, 0.25) is 0 Å². The van der Waals surface area contributed by atoms with Gasteiger partial charge in [0.05, 0.1) is 12.0 Å². The number of nitrogens with zero attached hydrogens (tertiary/aromatic N) is 2. The van der Waals surface area contributed by atoms with Crippen LogP contribution in [-0.2, 0) is 16.8 Å². The summed E-state index contributed by atoms with van der Waals surface area (Å²) < 4.78 is 5.77. The Bertz CT molecular complexity index is 1030. The van der Waals surface area contributed by atoms with E-state index >= 15 is 0 Å². The van der Waals surface area contributed by atoms with Crippen LogP contribution in [0.25, 0.3) is 11.5 Å². The van der Waals surface area contributed by atoms with Gasteiger partial charge in [0.15, 0.2) is 0 Å². The number of amides is 2. The smallest absolute Gasteiger partial charge is 0.261 e. The van der Waals surface area contributed by atoms with E-state index in [1.807, 2.05) is 62.4 Å². The minimum absolute atomic E-state index is 0.0948. The number of rotatable bonds is 3. The molecule has 0 radical (unpaired) electrons. The zero-order valence-corrected chi connectivity index (χ0v) is 15.5. The highest BCUT2D eigenvalue weighted by Gasteiger charge is 2.44. The largest absolute Gasteiger partial charge is 0.441 e. The lowest BCUT2D eigenvalue weighted by Crippen LogP contribution is -2.51. The Morgan fingerprint density at radius 3 is 2.41 bits per heavy atom. The van der Waals surface area contributed by atoms with E-state index in [1.54, 1.807) is 13.0 Å². The highest BCUT2D eigenvalue weighted by Crippen LogP contribution is 2.35. The summed E-state index contributed by atoms with van der Waals surface area (Å²) in [5, 5.41) is 0. The molecule has 0 saturated carbocycles. The molecule has 0 unspecified atom stereocenters. The molecule has 0 bridgehead atoms. The molecule has 0 saturated heterocycles. The Kier molecular flexibility index (Phi) is 3.95. The summed E-state index contributed by atoms with van der Waals surface area (Å²) in [6.45, 7) is 5.58. The van der Waals surface area contributed by atoms with Gasteiger partial charge < -0.3 is 4.42 Å². The lowest BCUT2D eigenvalue weighted by Gasteiger charge is -2.37. The average molecular weight is 360 g/mol. The van der Waals surface area contributed by atoms with E-state index in [9.17, 15) is 9.59 Å². The third-order valence-electron chi connectivity index (χ3n) is 5.08. The summed E-state index contributed by atoms with van der Waals surface area (Å²) in [5.74, 6) is 0.569. The number of imide groups is 1. The van der Waals surface area contributed by atoms with Crippen molar-refractivity contribution in [3.63, 3.8) is 0 Å². The lowest BCUT2D eigenvalue weighted by molar-refractivity contribution is -0.134. The normalized spacial score (nSPS) is 15.7. The van der Waals surface area contributed by atoms with Gasteiger partial charge in [0.2, 0.25) is 11.8 Å². The first-order valence-electron chi connectivity index (χ1n) is 8.87. The van der Waals surface area contributed by atoms with Crippen LogP contribution < -0.4 is 0 Å². The van der Waals surface area contributed by atoms with Crippen molar-refractivity contribution in [1.82, 2.24) is 9.88 Å². The SMILES string of the molecule is Cc1oc(-c2ccccc2)nc1CN1C(=O)c2ccccc2C(C)(C)C1=O. The second-order valence-corrected chi connectivity index (χ2v) is 7.25. The number of carbonyl (C=O) groups is 2. The Hall–Kier alpha value is -3.21. The minimum Gasteiger partial charge on any atom is -0.441 e. The Balaban J connectivity index is 1.70. The van der Waals surface area contributed by atoms with Crippen LogP contribution in [0.15, 0.2) is 59.0 Å². The number of hydrogen-bond acceptors (Lipinski definition) is 4. The Labute approximate surface area is 157 Å². The van der Waals surface area contributed by atoms with Crippen molar-refractivity contribution in [3.8, 4) is 11.5 Å². The van der Waals surface area contributed by atoms with Crippen molar-refractivity contribution >= 4 is 11.8 Å². The van der Waals surface area contributed by atoms with Crippen molar-refractivity contribution < 1.29 is 14.0 Å². The summed E-state index contributed by atoms with van der Waals surface area (Å²) in [7, 11) is 0. The fourth-order valence-corrected chi connectivity index (χ4v) is 3.48. The number of carbonyl (C=O) groups excluding carboxylic acids is 2. The minimum atomic E-state index is -0.773. The summed E-state index contributed by atoms with van der Waals surface area (Å²) in [4.78, 5) is 31.8.